The fourth-order valence-corrected chi connectivity index (χ4v) is 7.26. The summed E-state index contributed by atoms with van der Waals surface area (Å²) in [7, 11) is 1.89. The Morgan fingerprint density at radius 3 is 2.67 bits per heavy atom. The van der Waals surface area contributed by atoms with Crippen LogP contribution in [0.1, 0.15) is 32.1 Å². The summed E-state index contributed by atoms with van der Waals surface area (Å²) >= 11 is 0. The van der Waals surface area contributed by atoms with Gasteiger partial charge in [0.25, 0.3) is 0 Å². The average Bonchev–Trinajstić information content (AvgIpc) is 3.76. The summed E-state index contributed by atoms with van der Waals surface area (Å²) in [6.45, 7) is 7.24. The molecular formula is C33H34F2N6O2. The molecular weight excluding hydrogens is 550 g/mol. The number of fused-ring (bicyclic) bond motifs is 3. The van der Waals surface area contributed by atoms with Gasteiger partial charge in [0, 0.05) is 43.3 Å². The van der Waals surface area contributed by atoms with Crippen molar-refractivity contribution in [2.24, 2.45) is 0 Å². The number of carbonyl (C=O) groups excluding carboxylic acids is 1. The van der Waals surface area contributed by atoms with Gasteiger partial charge in [-0.2, -0.15) is 9.97 Å². The van der Waals surface area contributed by atoms with Gasteiger partial charge in [-0.25, -0.2) is 8.78 Å². The van der Waals surface area contributed by atoms with Gasteiger partial charge in [-0.05, 0) is 62.7 Å². The van der Waals surface area contributed by atoms with Crippen molar-refractivity contribution in [1.82, 2.24) is 24.8 Å². The van der Waals surface area contributed by atoms with Crippen LogP contribution in [0.25, 0.3) is 32.9 Å². The third kappa shape index (κ3) is 4.68. The Bertz CT molecular complexity index is 1730. The number of likely N-dealkylation sites (N-methyl/N-ethyl adjacent to an activating group) is 1. The lowest BCUT2D eigenvalue weighted by molar-refractivity contribution is -0.125. The highest BCUT2D eigenvalue weighted by atomic mass is 19.1. The SMILES string of the molecule is C=CC(=O)N1CC[C@@H](N(C)c2nc(OCC34CCCN3CCC4)nc3c(F)c(-c4cccc5cccc(F)c45)ncc23)C1. The van der Waals surface area contributed by atoms with Crippen molar-refractivity contribution in [2.45, 2.75) is 43.7 Å². The lowest BCUT2D eigenvalue weighted by Gasteiger charge is -2.31. The number of likely N-dealkylation sites (tertiary alicyclic amines) is 1. The average molecular weight is 585 g/mol. The Labute approximate surface area is 249 Å². The maximum Gasteiger partial charge on any atom is 0.319 e. The van der Waals surface area contributed by atoms with Crippen molar-refractivity contribution in [3.8, 4) is 17.3 Å². The van der Waals surface area contributed by atoms with Crippen LogP contribution in [0.5, 0.6) is 6.01 Å². The lowest BCUT2D eigenvalue weighted by Crippen LogP contribution is -2.43. The third-order valence-corrected chi connectivity index (χ3v) is 9.57. The monoisotopic (exact) mass is 584 g/mol. The first-order valence-electron chi connectivity index (χ1n) is 14.9. The van der Waals surface area contributed by atoms with Gasteiger partial charge in [0.1, 0.15) is 29.5 Å². The molecule has 0 radical (unpaired) electrons. The number of benzene rings is 2. The molecule has 0 unspecified atom stereocenters. The molecule has 0 aliphatic carbocycles. The Kier molecular flexibility index (Phi) is 6.96. The van der Waals surface area contributed by atoms with Crippen molar-refractivity contribution >= 4 is 33.4 Å². The number of amides is 1. The van der Waals surface area contributed by atoms with Crippen molar-refractivity contribution in [1.29, 1.82) is 0 Å². The molecule has 3 aliphatic rings. The first kappa shape index (κ1) is 27.6. The van der Waals surface area contributed by atoms with E-state index >= 15 is 8.78 Å². The Hall–Kier alpha value is -4.18. The maximum absolute atomic E-state index is 16.6. The molecule has 1 amide bonds. The quantitative estimate of drug-likeness (QED) is 0.271. The zero-order valence-corrected chi connectivity index (χ0v) is 24.2. The van der Waals surface area contributed by atoms with Crippen LogP contribution in [0.3, 0.4) is 0 Å². The van der Waals surface area contributed by atoms with Crippen molar-refractivity contribution in [3.63, 3.8) is 0 Å². The van der Waals surface area contributed by atoms with Gasteiger partial charge in [0.15, 0.2) is 5.82 Å². The largest absolute Gasteiger partial charge is 0.461 e. The molecule has 3 aliphatic heterocycles. The molecule has 222 valence electrons. The lowest BCUT2D eigenvalue weighted by atomic mass is 9.95. The first-order valence-corrected chi connectivity index (χ1v) is 14.9. The summed E-state index contributed by atoms with van der Waals surface area (Å²) in [6, 6.07) is 10.1. The van der Waals surface area contributed by atoms with Crippen molar-refractivity contribution in [2.75, 3.05) is 44.7 Å². The van der Waals surface area contributed by atoms with Gasteiger partial charge in [-0.3, -0.25) is 14.7 Å². The molecule has 8 nitrogen and oxygen atoms in total. The zero-order valence-electron chi connectivity index (χ0n) is 24.2. The standard InChI is InChI=1S/C33H34F2N6O2/c1-3-26(42)40-17-12-22(19-40)39(2)31-24-18-36-29(23-10-4-8-21-9-5-11-25(34)27(21)23)28(35)30(24)37-32(38-31)43-20-33-13-6-15-41(33)16-7-14-33/h3-5,8-11,18,22H,1,6-7,12-17,19-20H2,2H3/t22-/m1/s1. The van der Waals surface area contributed by atoms with Crippen molar-refractivity contribution in [3.05, 3.63) is 66.9 Å². The zero-order chi connectivity index (χ0) is 29.7. The topological polar surface area (TPSA) is 74.7 Å². The predicted octanol–water partition coefficient (Wildman–Crippen LogP) is 5.35. The molecule has 43 heavy (non-hydrogen) atoms. The molecule has 0 bridgehead atoms. The van der Waals surface area contributed by atoms with E-state index in [9.17, 15) is 4.79 Å². The Morgan fingerprint density at radius 1 is 1.14 bits per heavy atom. The van der Waals surface area contributed by atoms with Crippen LogP contribution >= 0.6 is 0 Å². The fourth-order valence-electron chi connectivity index (χ4n) is 7.26. The van der Waals surface area contributed by atoms with Crippen LogP contribution in [0.15, 0.2) is 55.3 Å². The second kappa shape index (κ2) is 10.8. The molecule has 3 saturated heterocycles. The minimum absolute atomic E-state index is 0.0152. The minimum atomic E-state index is -0.661. The van der Waals surface area contributed by atoms with Crippen LogP contribution in [-0.4, -0.2) is 82.1 Å². The predicted molar refractivity (Wildman–Crippen MR) is 162 cm³/mol. The smallest absolute Gasteiger partial charge is 0.319 e. The molecule has 5 heterocycles. The molecule has 0 N–H and O–H groups in total. The fraction of sp³-hybridized carbons (Fsp3) is 0.394. The van der Waals surface area contributed by atoms with E-state index in [0.717, 1.165) is 45.2 Å². The number of nitrogens with zero attached hydrogens (tertiary/aromatic N) is 6. The van der Waals surface area contributed by atoms with Crippen LogP contribution in [0.2, 0.25) is 0 Å². The van der Waals surface area contributed by atoms with E-state index in [-0.39, 0.29) is 34.7 Å². The molecule has 4 aromatic rings. The van der Waals surface area contributed by atoms with Crippen LogP contribution < -0.4 is 9.64 Å². The molecule has 0 spiro atoms. The number of hydrogen-bond acceptors (Lipinski definition) is 7. The van der Waals surface area contributed by atoms with E-state index in [2.05, 4.69) is 21.4 Å². The summed E-state index contributed by atoms with van der Waals surface area (Å²) in [6.07, 6.45) is 7.96. The van der Waals surface area contributed by atoms with Crippen LogP contribution in [0.4, 0.5) is 14.6 Å². The van der Waals surface area contributed by atoms with E-state index in [1.807, 2.05) is 11.9 Å². The number of pyridine rings is 1. The van der Waals surface area contributed by atoms with Crippen molar-refractivity contribution < 1.29 is 18.3 Å². The molecule has 2 aromatic carbocycles. The number of ether oxygens (including phenoxy) is 1. The van der Waals surface area contributed by atoms with Crippen LogP contribution in [0, 0.1) is 11.6 Å². The second-order valence-electron chi connectivity index (χ2n) is 11.9. The molecule has 3 fully saturated rings. The van der Waals surface area contributed by atoms with E-state index in [0.29, 0.717) is 47.2 Å². The molecule has 2 aromatic heterocycles. The number of carbonyl (C=O) groups is 1. The summed E-state index contributed by atoms with van der Waals surface area (Å²) in [5, 5.41) is 1.38. The van der Waals surface area contributed by atoms with E-state index < -0.39 is 11.6 Å². The van der Waals surface area contributed by atoms with E-state index in [4.69, 9.17) is 9.72 Å². The minimum Gasteiger partial charge on any atom is -0.461 e. The van der Waals surface area contributed by atoms with Gasteiger partial charge in [0.2, 0.25) is 5.91 Å². The Morgan fingerprint density at radius 2 is 1.91 bits per heavy atom. The normalized spacial score (nSPS) is 19.7. The van der Waals surface area contributed by atoms with Gasteiger partial charge in [-0.1, -0.05) is 36.9 Å². The molecule has 0 saturated carbocycles. The van der Waals surface area contributed by atoms with E-state index in [1.165, 1.54) is 12.1 Å². The highest BCUT2D eigenvalue weighted by molar-refractivity contribution is 5.99. The number of rotatable bonds is 7. The second-order valence-corrected chi connectivity index (χ2v) is 11.9. The maximum atomic E-state index is 16.6. The highest BCUT2D eigenvalue weighted by Crippen LogP contribution is 2.40. The molecule has 10 heteroatoms. The van der Waals surface area contributed by atoms with Gasteiger partial charge < -0.3 is 14.5 Å². The number of anilines is 1. The molecule has 1 atom stereocenters. The third-order valence-electron chi connectivity index (χ3n) is 9.57. The Balaban J connectivity index is 1.32. The molecule has 7 rings (SSSR count). The summed E-state index contributed by atoms with van der Waals surface area (Å²) in [5.41, 5.74) is 0.395. The first-order chi connectivity index (χ1) is 20.9. The number of aromatic nitrogens is 3. The summed E-state index contributed by atoms with van der Waals surface area (Å²) in [5.74, 6) is -0.749. The number of halogens is 2. The van der Waals surface area contributed by atoms with Gasteiger partial charge in [0.05, 0.1) is 10.9 Å². The number of hydrogen-bond donors (Lipinski definition) is 0. The summed E-state index contributed by atoms with van der Waals surface area (Å²) in [4.78, 5) is 32.4. The summed E-state index contributed by atoms with van der Waals surface area (Å²) < 4.78 is 37.9. The van der Waals surface area contributed by atoms with Crippen LogP contribution in [-0.2, 0) is 4.79 Å². The van der Waals surface area contributed by atoms with E-state index in [1.54, 1.807) is 41.4 Å². The highest BCUT2D eigenvalue weighted by Gasteiger charge is 2.45. The van der Waals surface area contributed by atoms with Gasteiger partial charge in [-0.15, -0.1) is 0 Å². The van der Waals surface area contributed by atoms with Gasteiger partial charge >= 0.3 is 6.01 Å².